The standard InChI is InChI=1S/C21H36N4O2/c1-5-25-14-8-9-18(25)16-24-21(22-4)23-13-12-17-10-11-19(26-6-2)20(15-17)27-7-3/h10-11,15,18H,5-9,12-14,16H2,1-4H3,(H2,22,23,24). The van der Waals surface area contributed by atoms with E-state index in [-0.39, 0.29) is 0 Å². The molecule has 27 heavy (non-hydrogen) atoms. The third kappa shape index (κ3) is 6.61. The smallest absolute Gasteiger partial charge is 0.191 e. The monoisotopic (exact) mass is 376 g/mol. The maximum absolute atomic E-state index is 5.71. The maximum Gasteiger partial charge on any atom is 0.191 e. The van der Waals surface area contributed by atoms with E-state index in [9.17, 15) is 0 Å². The van der Waals surface area contributed by atoms with Crippen LogP contribution in [0.25, 0.3) is 0 Å². The second kappa shape index (κ2) is 11.7. The maximum atomic E-state index is 5.71. The molecular formula is C21H36N4O2. The van der Waals surface area contributed by atoms with Crippen LogP contribution in [0.2, 0.25) is 0 Å². The van der Waals surface area contributed by atoms with Gasteiger partial charge in [-0.15, -0.1) is 0 Å². The number of ether oxygens (including phenoxy) is 2. The Balaban J connectivity index is 1.80. The number of nitrogens with one attached hydrogen (secondary N) is 2. The molecule has 1 fully saturated rings. The van der Waals surface area contributed by atoms with Gasteiger partial charge in [0.25, 0.3) is 0 Å². The first-order valence-electron chi connectivity index (χ1n) is 10.3. The fourth-order valence-electron chi connectivity index (χ4n) is 3.55. The first-order valence-corrected chi connectivity index (χ1v) is 10.3. The fraction of sp³-hybridized carbons (Fsp3) is 0.667. The molecule has 6 nitrogen and oxygen atoms in total. The van der Waals surface area contributed by atoms with E-state index in [0.717, 1.165) is 43.5 Å². The third-order valence-electron chi connectivity index (χ3n) is 4.95. The molecule has 1 aliphatic rings. The summed E-state index contributed by atoms with van der Waals surface area (Å²) in [5.41, 5.74) is 1.22. The first-order chi connectivity index (χ1) is 13.2. The lowest BCUT2D eigenvalue weighted by atomic mass is 10.1. The van der Waals surface area contributed by atoms with Gasteiger partial charge in [-0.3, -0.25) is 9.89 Å². The number of hydrogen-bond acceptors (Lipinski definition) is 4. The number of guanidine groups is 1. The van der Waals surface area contributed by atoms with Gasteiger partial charge in [-0.05, 0) is 63.9 Å². The van der Waals surface area contributed by atoms with E-state index >= 15 is 0 Å². The Morgan fingerprint density at radius 3 is 2.63 bits per heavy atom. The van der Waals surface area contributed by atoms with Crippen LogP contribution in [-0.2, 0) is 6.42 Å². The SMILES string of the molecule is CCOc1ccc(CCNC(=NC)NCC2CCCN2CC)cc1OCC. The summed E-state index contributed by atoms with van der Waals surface area (Å²) in [5, 5.41) is 6.89. The van der Waals surface area contributed by atoms with Gasteiger partial charge >= 0.3 is 0 Å². The molecular weight excluding hydrogens is 340 g/mol. The average molecular weight is 377 g/mol. The summed E-state index contributed by atoms with van der Waals surface area (Å²) < 4.78 is 11.3. The van der Waals surface area contributed by atoms with Crippen molar-refractivity contribution in [3.8, 4) is 11.5 Å². The third-order valence-corrected chi connectivity index (χ3v) is 4.95. The van der Waals surface area contributed by atoms with Crippen LogP contribution in [0.1, 0.15) is 39.2 Å². The fourth-order valence-corrected chi connectivity index (χ4v) is 3.55. The summed E-state index contributed by atoms with van der Waals surface area (Å²) in [6, 6.07) is 6.79. The molecule has 2 N–H and O–H groups in total. The van der Waals surface area contributed by atoms with Gasteiger partial charge in [-0.25, -0.2) is 0 Å². The minimum absolute atomic E-state index is 0.619. The Kier molecular flexibility index (Phi) is 9.25. The van der Waals surface area contributed by atoms with Gasteiger partial charge in [-0.2, -0.15) is 0 Å². The lowest BCUT2D eigenvalue weighted by molar-refractivity contribution is 0.267. The molecule has 0 spiro atoms. The van der Waals surface area contributed by atoms with Gasteiger partial charge in [0.2, 0.25) is 0 Å². The topological polar surface area (TPSA) is 58.1 Å². The summed E-state index contributed by atoms with van der Waals surface area (Å²) in [7, 11) is 1.83. The molecule has 0 aromatic heterocycles. The molecule has 1 unspecified atom stereocenters. The molecule has 0 amide bonds. The second-order valence-electron chi connectivity index (χ2n) is 6.70. The number of aliphatic imine (C=N–C) groups is 1. The summed E-state index contributed by atoms with van der Waals surface area (Å²) in [6.07, 6.45) is 3.47. The van der Waals surface area contributed by atoms with Crippen LogP contribution in [0.4, 0.5) is 0 Å². The molecule has 0 bridgehead atoms. The molecule has 1 aromatic carbocycles. The molecule has 1 atom stereocenters. The number of likely N-dealkylation sites (tertiary alicyclic amines) is 1. The van der Waals surface area contributed by atoms with Crippen molar-refractivity contribution in [1.29, 1.82) is 0 Å². The van der Waals surface area contributed by atoms with Crippen LogP contribution >= 0.6 is 0 Å². The van der Waals surface area contributed by atoms with Crippen molar-refractivity contribution in [2.24, 2.45) is 4.99 Å². The Labute approximate surface area is 164 Å². The van der Waals surface area contributed by atoms with Crippen molar-refractivity contribution >= 4 is 5.96 Å². The van der Waals surface area contributed by atoms with E-state index < -0.39 is 0 Å². The molecule has 0 radical (unpaired) electrons. The number of likely N-dealkylation sites (N-methyl/N-ethyl adjacent to an activating group) is 1. The second-order valence-corrected chi connectivity index (χ2v) is 6.70. The molecule has 1 aliphatic heterocycles. The van der Waals surface area contributed by atoms with E-state index in [0.29, 0.717) is 19.3 Å². The normalized spacial score (nSPS) is 17.8. The quantitative estimate of drug-likeness (QED) is 0.486. The lowest BCUT2D eigenvalue weighted by Gasteiger charge is -2.24. The highest BCUT2D eigenvalue weighted by molar-refractivity contribution is 5.79. The van der Waals surface area contributed by atoms with Gasteiger partial charge in [0.1, 0.15) is 0 Å². The Bertz CT molecular complexity index is 592. The Morgan fingerprint density at radius 2 is 1.93 bits per heavy atom. The highest BCUT2D eigenvalue weighted by atomic mass is 16.5. The molecule has 0 aliphatic carbocycles. The van der Waals surface area contributed by atoms with Crippen molar-refractivity contribution in [2.75, 3.05) is 46.4 Å². The average Bonchev–Trinajstić information content (AvgIpc) is 3.14. The molecule has 0 saturated carbocycles. The van der Waals surface area contributed by atoms with E-state index in [1.807, 2.05) is 27.0 Å². The van der Waals surface area contributed by atoms with Crippen molar-refractivity contribution in [3.05, 3.63) is 23.8 Å². The van der Waals surface area contributed by atoms with Gasteiger partial charge < -0.3 is 20.1 Å². The van der Waals surface area contributed by atoms with Gasteiger partial charge in [0, 0.05) is 26.2 Å². The minimum atomic E-state index is 0.619. The van der Waals surface area contributed by atoms with E-state index in [1.165, 1.54) is 24.9 Å². The predicted molar refractivity (Wildman–Crippen MR) is 112 cm³/mol. The zero-order valence-electron chi connectivity index (χ0n) is 17.4. The summed E-state index contributed by atoms with van der Waals surface area (Å²) in [5.74, 6) is 2.50. The highest BCUT2D eigenvalue weighted by Crippen LogP contribution is 2.28. The summed E-state index contributed by atoms with van der Waals surface area (Å²) in [4.78, 5) is 6.88. The molecule has 1 heterocycles. The van der Waals surface area contributed by atoms with Crippen molar-refractivity contribution < 1.29 is 9.47 Å². The number of benzene rings is 1. The number of hydrogen-bond donors (Lipinski definition) is 2. The van der Waals surface area contributed by atoms with Gasteiger partial charge in [0.15, 0.2) is 17.5 Å². The minimum Gasteiger partial charge on any atom is -0.490 e. The summed E-state index contributed by atoms with van der Waals surface area (Å²) in [6.45, 7) is 11.6. The molecule has 1 saturated heterocycles. The van der Waals surface area contributed by atoms with Crippen LogP contribution in [0.3, 0.4) is 0 Å². The number of nitrogens with zero attached hydrogens (tertiary/aromatic N) is 2. The largest absolute Gasteiger partial charge is 0.490 e. The lowest BCUT2D eigenvalue weighted by Crippen LogP contribution is -2.45. The number of rotatable bonds is 10. The predicted octanol–water partition coefficient (Wildman–Crippen LogP) is 2.68. The van der Waals surface area contributed by atoms with Gasteiger partial charge in [-0.1, -0.05) is 13.0 Å². The van der Waals surface area contributed by atoms with Crippen LogP contribution in [0, 0.1) is 0 Å². The van der Waals surface area contributed by atoms with Crippen LogP contribution in [-0.4, -0.2) is 63.3 Å². The van der Waals surface area contributed by atoms with Gasteiger partial charge in [0.05, 0.1) is 13.2 Å². The van der Waals surface area contributed by atoms with E-state index in [1.54, 1.807) is 0 Å². The van der Waals surface area contributed by atoms with E-state index in [4.69, 9.17) is 9.47 Å². The highest BCUT2D eigenvalue weighted by Gasteiger charge is 2.22. The van der Waals surface area contributed by atoms with Crippen molar-refractivity contribution in [2.45, 2.75) is 46.1 Å². The zero-order valence-corrected chi connectivity index (χ0v) is 17.4. The molecule has 152 valence electrons. The Hall–Kier alpha value is -1.95. The molecule has 2 rings (SSSR count). The van der Waals surface area contributed by atoms with E-state index in [2.05, 4.69) is 39.6 Å². The van der Waals surface area contributed by atoms with Crippen LogP contribution < -0.4 is 20.1 Å². The molecule has 1 aromatic rings. The van der Waals surface area contributed by atoms with Crippen molar-refractivity contribution in [3.63, 3.8) is 0 Å². The zero-order chi connectivity index (χ0) is 19.5. The first kappa shape index (κ1) is 21.4. The van der Waals surface area contributed by atoms with Crippen molar-refractivity contribution in [1.82, 2.24) is 15.5 Å². The van der Waals surface area contributed by atoms with Crippen LogP contribution in [0.15, 0.2) is 23.2 Å². The van der Waals surface area contributed by atoms with Crippen LogP contribution in [0.5, 0.6) is 11.5 Å². The summed E-state index contributed by atoms with van der Waals surface area (Å²) >= 11 is 0. The Morgan fingerprint density at radius 1 is 1.15 bits per heavy atom. The molecule has 6 heteroatoms.